The van der Waals surface area contributed by atoms with E-state index in [-0.39, 0.29) is 11.4 Å². The summed E-state index contributed by atoms with van der Waals surface area (Å²) in [6.07, 6.45) is 0. The van der Waals surface area contributed by atoms with Crippen molar-refractivity contribution in [2.45, 2.75) is 5.88 Å². The van der Waals surface area contributed by atoms with E-state index in [9.17, 15) is 14.7 Å². The minimum Gasteiger partial charge on any atom is -0.541 e. The van der Waals surface area contributed by atoms with Gasteiger partial charge in [0.05, 0.1) is 0 Å². The van der Waals surface area contributed by atoms with E-state index in [2.05, 4.69) is 0 Å². The number of halogens is 1. The van der Waals surface area contributed by atoms with Gasteiger partial charge in [-0.25, -0.2) is 0 Å². The highest BCUT2D eigenvalue weighted by Crippen LogP contribution is 2.11. The summed E-state index contributed by atoms with van der Waals surface area (Å²) in [4.78, 5) is 21.3. The fourth-order valence-electron chi connectivity index (χ4n) is 0.968. The first-order valence-electron chi connectivity index (χ1n) is 3.56. The summed E-state index contributed by atoms with van der Waals surface area (Å²) in [5.74, 6) is -2.64. The largest absolute Gasteiger partial charge is 0.541 e. The smallest absolute Gasteiger partial charge is 0.208 e. The number of alkyl halides is 1. The van der Waals surface area contributed by atoms with Crippen LogP contribution in [-0.4, -0.2) is 11.8 Å². The zero-order chi connectivity index (χ0) is 9.84. The third kappa shape index (κ3) is 2.06. The topological polar surface area (TPSA) is 57.2 Å². The monoisotopic (exact) mass is 197 g/mol. The molecule has 0 saturated heterocycles. The maximum Gasteiger partial charge on any atom is 0.208 e. The molecule has 0 radical (unpaired) electrons. The molecule has 4 heteroatoms. The predicted molar refractivity (Wildman–Crippen MR) is 45.3 cm³/mol. The Balaban J connectivity index is 3.13. The Bertz CT molecular complexity index is 346. The van der Waals surface area contributed by atoms with Crippen LogP contribution in [0.1, 0.15) is 15.9 Å². The van der Waals surface area contributed by atoms with Gasteiger partial charge in [0.1, 0.15) is 5.97 Å². The van der Waals surface area contributed by atoms with Crippen LogP contribution in [0.2, 0.25) is 0 Å². The van der Waals surface area contributed by atoms with Crippen LogP contribution in [0.5, 0.6) is 0 Å². The fourth-order valence-corrected chi connectivity index (χ4v) is 1.20. The number of rotatable bonds is 3. The molecule has 0 aliphatic rings. The van der Waals surface area contributed by atoms with Crippen LogP contribution in [-0.2, 0) is 10.7 Å². The Morgan fingerprint density at radius 3 is 2.46 bits per heavy atom. The molecule has 0 atom stereocenters. The minimum atomic E-state index is -1.71. The second-order valence-corrected chi connectivity index (χ2v) is 2.67. The first-order valence-corrected chi connectivity index (χ1v) is 4.10. The standard InChI is InChI=1S/C9H7ClO3/c10-5-6-3-1-2-4-7(6)8(11)9(12)13/h1-4H,5H2,(H,12,13)/p-1. The SMILES string of the molecule is O=C([O-])C(=O)c1ccccc1CCl. The first kappa shape index (κ1) is 9.74. The molecule has 1 aromatic carbocycles. The first-order chi connectivity index (χ1) is 6.16. The molecular weight excluding hydrogens is 192 g/mol. The summed E-state index contributed by atoms with van der Waals surface area (Å²) in [6, 6.07) is 6.27. The second-order valence-electron chi connectivity index (χ2n) is 2.41. The maximum atomic E-state index is 11.0. The third-order valence-electron chi connectivity index (χ3n) is 1.59. The van der Waals surface area contributed by atoms with Crippen molar-refractivity contribution in [3.8, 4) is 0 Å². The van der Waals surface area contributed by atoms with Crippen molar-refractivity contribution in [3.63, 3.8) is 0 Å². The molecule has 0 N–H and O–H groups in total. The van der Waals surface area contributed by atoms with E-state index in [4.69, 9.17) is 11.6 Å². The van der Waals surface area contributed by atoms with Gasteiger partial charge in [-0.15, -0.1) is 11.6 Å². The van der Waals surface area contributed by atoms with Gasteiger partial charge in [-0.3, -0.25) is 4.79 Å². The summed E-state index contributed by atoms with van der Waals surface area (Å²) >= 11 is 5.52. The van der Waals surface area contributed by atoms with Crippen molar-refractivity contribution in [2.75, 3.05) is 0 Å². The van der Waals surface area contributed by atoms with Gasteiger partial charge in [0.25, 0.3) is 0 Å². The van der Waals surface area contributed by atoms with Gasteiger partial charge < -0.3 is 9.90 Å². The Kier molecular flexibility index (Phi) is 3.03. The highest BCUT2D eigenvalue weighted by atomic mass is 35.5. The number of carboxylic acid groups (broad SMARTS) is 1. The van der Waals surface area contributed by atoms with Crippen molar-refractivity contribution in [2.24, 2.45) is 0 Å². The van der Waals surface area contributed by atoms with Crippen molar-refractivity contribution in [3.05, 3.63) is 35.4 Å². The lowest BCUT2D eigenvalue weighted by Crippen LogP contribution is -2.32. The molecule has 0 unspecified atom stereocenters. The van der Waals surface area contributed by atoms with Crippen LogP contribution in [0.15, 0.2) is 24.3 Å². The molecule has 0 bridgehead atoms. The number of hydrogen-bond donors (Lipinski definition) is 0. The van der Waals surface area contributed by atoms with Gasteiger partial charge in [-0.2, -0.15) is 0 Å². The average molecular weight is 198 g/mol. The van der Waals surface area contributed by atoms with Crippen molar-refractivity contribution < 1.29 is 14.7 Å². The van der Waals surface area contributed by atoms with E-state index in [1.807, 2.05) is 0 Å². The molecule has 3 nitrogen and oxygen atoms in total. The number of benzene rings is 1. The van der Waals surface area contributed by atoms with Gasteiger partial charge in [-0.05, 0) is 5.56 Å². The Morgan fingerprint density at radius 2 is 1.92 bits per heavy atom. The molecular formula is C9H6ClO3-. The molecule has 0 aliphatic heterocycles. The number of aliphatic carboxylic acids is 1. The number of carbonyl (C=O) groups is 2. The Labute approximate surface area is 79.9 Å². The summed E-state index contributed by atoms with van der Waals surface area (Å²) in [5, 5.41) is 10.3. The minimum absolute atomic E-state index is 0.0949. The molecule has 68 valence electrons. The second kappa shape index (κ2) is 4.05. The Hall–Kier alpha value is -1.35. The van der Waals surface area contributed by atoms with E-state index >= 15 is 0 Å². The summed E-state index contributed by atoms with van der Waals surface area (Å²) in [6.45, 7) is 0. The summed E-state index contributed by atoms with van der Waals surface area (Å²) in [5.41, 5.74) is 0.593. The molecule has 0 heterocycles. The molecule has 1 rings (SSSR count). The third-order valence-corrected chi connectivity index (χ3v) is 1.88. The van der Waals surface area contributed by atoms with E-state index in [1.54, 1.807) is 18.2 Å². The van der Waals surface area contributed by atoms with Gasteiger partial charge >= 0.3 is 0 Å². The van der Waals surface area contributed by atoms with Crippen LogP contribution in [0.3, 0.4) is 0 Å². The lowest BCUT2D eigenvalue weighted by molar-refractivity contribution is -0.296. The van der Waals surface area contributed by atoms with Crippen LogP contribution in [0.4, 0.5) is 0 Å². The van der Waals surface area contributed by atoms with E-state index < -0.39 is 11.8 Å². The molecule has 0 aliphatic carbocycles. The molecule has 0 spiro atoms. The molecule has 0 amide bonds. The zero-order valence-corrected chi connectivity index (χ0v) is 7.38. The lowest BCUT2D eigenvalue weighted by Gasteiger charge is -2.05. The highest BCUT2D eigenvalue weighted by Gasteiger charge is 2.10. The van der Waals surface area contributed by atoms with Crippen LogP contribution >= 0.6 is 11.6 Å². The number of ketones is 1. The average Bonchev–Trinajstić information content (AvgIpc) is 2.16. The van der Waals surface area contributed by atoms with E-state index in [0.29, 0.717) is 5.56 Å². The van der Waals surface area contributed by atoms with Gasteiger partial charge in [0.2, 0.25) is 5.78 Å². The molecule has 0 fully saturated rings. The van der Waals surface area contributed by atoms with Crippen LogP contribution < -0.4 is 5.11 Å². The van der Waals surface area contributed by atoms with Crippen molar-refractivity contribution >= 4 is 23.4 Å². The predicted octanol–water partition coefficient (Wildman–Crippen LogP) is 0.358. The zero-order valence-electron chi connectivity index (χ0n) is 6.62. The Morgan fingerprint density at radius 1 is 1.31 bits per heavy atom. The van der Waals surface area contributed by atoms with Crippen LogP contribution in [0.25, 0.3) is 0 Å². The fraction of sp³-hybridized carbons (Fsp3) is 0.111. The van der Waals surface area contributed by atoms with Gasteiger partial charge in [0, 0.05) is 11.4 Å². The number of Topliss-reactive ketones (excluding diaryl/α,β-unsaturated/α-hetero) is 1. The van der Waals surface area contributed by atoms with Crippen molar-refractivity contribution in [1.82, 2.24) is 0 Å². The number of carbonyl (C=O) groups excluding carboxylic acids is 2. The normalized spacial score (nSPS) is 9.62. The quantitative estimate of drug-likeness (QED) is 0.399. The summed E-state index contributed by atoms with van der Waals surface area (Å²) in [7, 11) is 0. The maximum absolute atomic E-state index is 11.0. The van der Waals surface area contributed by atoms with E-state index in [1.165, 1.54) is 6.07 Å². The molecule has 0 aromatic heterocycles. The molecule has 1 aromatic rings. The number of hydrogen-bond acceptors (Lipinski definition) is 3. The van der Waals surface area contributed by atoms with E-state index in [0.717, 1.165) is 0 Å². The molecule has 0 saturated carbocycles. The highest BCUT2D eigenvalue weighted by molar-refractivity contribution is 6.39. The lowest BCUT2D eigenvalue weighted by atomic mass is 10.1. The number of carboxylic acids is 1. The molecule has 13 heavy (non-hydrogen) atoms. The van der Waals surface area contributed by atoms with Gasteiger partial charge in [0.15, 0.2) is 0 Å². The summed E-state index contributed by atoms with van der Waals surface area (Å²) < 4.78 is 0. The van der Waals surface area contributed by atoms with Crippen LogP contribution in [0, 0.1) is 0 Å². The van der Waals surface area contributed by atoms with Crippen molar-refractivity contribution in [1.29, 1.82) is 0 Å². The van der Waals surface area contributed by atoms with Gasteiger partial charge in [-0.1, -0.05) is 24.3 Å².